The molecule has 2 atom stereocenters. The highest BCUT2D eigenvalue weighted by atomic mass is 16.6. The van der Waals surface area contributed by atoms with Crippen LogP contribution in [0.15, 0.2) is 42.5 Å². The number of hydrogen-bond acceptors (Lipinski definition) is 3. The molecule has 0 radical (unpaired) electrons. The molecule has 1 aliphatic rings. The smallest absolute Gasteiger partial charge is 0.410 e. The van der Waals surface area contributed by atoms with E-state index in [-0.39, 0.29) is 24.0 Å². The molecule has 0 aromatic heterocycles. The second-order valence-electron chi connectivity index (χ2n) is 7.33. The van der Waals surface area contributed by atoms with Crippen molar-refractivity contribution in [3.63, 3.8) is 0 Å². The topological polar surface area (TPSA) is 46.6 Å². The Morgan fingerprint density at radius 2 is 1.85 bits per heavy atom. The minimum absolute atomic E-state index is 0.126. The molecule has 2 rings (SSSR count). The van der Waals surface area contributed by atoms with Gasteiger partial charge in [0, 0.05) is 18.5 Å². The molecule has 4 heteroatoms. The monoisotopic (exact) mass is 371 g/mol. The highest BCUT2D eigenvalue weighted by Crippen LogP contribution is 2.30. The zero-order chi connectivity index (χ0) is 19.5. The summed E-state index contributed by atoms with van der Waals surface area (Å²) >= 11 is 0. The van der Waals surface area contributed by atoms with Crippen LogP contribution in [0.2, 0.25) is 0 Å². The summed E-state index contributed by atoms with van der Waals surface area (Å²) in [7, 11) is 0. The van der Waals surface area contributed by atoms with Crippen LogP contribution in [0.5, 0.6) is 0 Å². The number of benzene rings is 1. The predicted molar refractivity (Wildman–Crippen MR) is 108 cm³/mol. The fourth-order valence-corrected chi connectivity index (χ4v) is 3.69. The van der Waals surface area contributed by atoms with Gasteiger partial charge in [-0.05, 0) is 43.7 Å². The zero-order valence-electron chi connectivity index (χ0n) is 16.7. The number of allylic oxidation sites excluding steroid dienone is 1. The van der Waals surface area contributed by atoms with Crippen molar-refractivity contribution in [2.24, 2.45) is 0 Å². The summed E-state index contributed by atoms with van der Waals surface area (Å²) in [5, 5.41) is 0. The number of carbonyl (C=O) groups is 2. The number of hydrogen-bond donors (Lipinski definition) is 0. The SMILES string of the molecule is CCCC[C@@H]1CC[C@@H](C/C=C/C(=O)CCC)N1C(=O)OCc1ccccc1. The quantitative estimate of drug-likeness (QED) is 0.498. The highest BCUT2D eigenvalue weighted by molar-refractivity contribution is 5.89. The van der Waals surface area contributed by atoms with E-state index in [0.29, 0.717) is 13.0 Å². The lowest BCUT2D eigenvalue weighted by atomic mass is 10.1. The highest BCUT2D eigenvalue weighted by Gasteiger charge is 2.36. The Morgan fingerprint density at radius 3 is 2.56 bits per heavy atom. The van der Waals surface area contributed by atoms with Crippen molar-refractivity contribution in [1.29, 1.82) is 0 Å². The van der Waals surface area contributed by atoms with E-state index in [2.05, 4.69) is 6.92 Å². The first-order chi connectivity index (χ1) is 13.2. The number of ketones is 1. The molecule has 1 heterocycles. The summed E-state index contributed by atoms with van der Waals surface area (Å²) in [5.74, 6) is 0.163. The number of unbranched alkanes of at least 4 members (excludes halogenated alkanes) is 1. The van der Waals surface area contributed by atoms with Gasteiger partial charge in [0.15, 0.2) is 5.78 Å². The van der Waals surface area contributed by atoms with E-state index < -0.39 is 0 Å². The summed E-state index contributed by atoms with van der Waals surface area (Å²) in [4.78, 5) is 26.5. The predicted octanol–water partition coefficient (Wildman–Crippen LogP) is 5.66. The minimum Gasteiger partial charge on any atom is -0.445 e. The van der Waals surface area contributed by atoms with E-state index in [1.807, 2.05) is 48.2 Å². The van der Waals surface area contributed by atoms with Crippen molar-refractivity contribution < 1.29 is 14.3 Å². The molecule has 1 aliphatic heterocycles. The van der Waals surface area contributed by atoms with Gasteiger partial charge in [-0.2, -0.15) is 0 Å². The van der Waals surface area contributed by atoms with Gasteiger partial charge in [-0.3, -0.25) is 4.79 Å². The van der Waals surface area contributed by atoms with Gasteiger partial charge < -0.3 is 9.64 Å². The number of likely N-dealkylation sites (tertiary alicyclic amines) is 1. The van der Waals surface area contributed by atoms with Gasteiger partial charge in [0.05, 0.1) is 0 Å². The van der Waals surface area contributed by atoms with Gasteiger partial charge >= 0.3 is 6.09 Å². The average molecular weight is 372 g/mol. The molecule has 27 heavy (non-hydrogen) atoms. The van der Waals surface area contributed by atoms with Gasteiger partial charge in [-0.1, -0.05) is 63.1 Å². The first-order valence-corrected chi connectivity index (χ1v) is 10.3. The Morgan fingerprint density at radius 1 is 1.11 bits per heavy atom. The van der Waals surface area contributed by atoms with Crippen molar-refractivity contribution in [1.82, 2.24) is 4.90 Å². The molecule has 1 saturated heterocycles. The van der Waals surface area contributed by atoms with E-state index >= 15 is 0 Å². The van der Waals surface area contributed by atoms with Gasteiger partial charge in [-0.25, -0.2) is 4.79 Å². The van der Waals surface area contributed by atoms with Crippen LogP contribution < -0.4 is 0 Å². The van der Waals surface area contributed by atoms with Gasteiger partial charge in [0.2, 0.25) is 0 Å². The molecule has 1 fully saturated rings. The lowest BCUT2D eigenvalue weighted by molar-refractivity contribution is -0.114. The molecule has 0 spiro atoms. The van der Waals surface area contributed by atoms with Crippen LogP contribution in [0.4, 0.5) is 4.79 Å². The number of carbonyl (C=O) groups excluding carboxylic acids is 2. The maximum Gasteiger partial charge on any atom is 0.410 e. The van der Waals surface area contributed by atoms with Gasteiger partial charge in [0.1, 0.15) is 6.61 Å². The third-order valence-electron chi connectivity index (χ3n) is 5.14. The van der Waals surface area contributed by atoms with Crippen LogP contribution in [0.1, 0.15) is 70.8 Å². The number of nitrogens with zero attached hydrogens (tertiary/aromatic N) is 1. The van der Waals surface area contributed by atoms with Crippen LogP contribution in [-0.2, 0) is 16.1 Å². The van der Waals surface area contributed by atoms with E-state index in [4.69, 9.17) is 4.74 Å². The number of rotatable bonds is 10. The van der Waals surface area contributed by atoms with Gasteiger partial charge in [0.25, 0.3) is 0 Å². The van der Waals surface area contributed by atoms with Crippen LogP contribution >= 0.6 is 0 Å². The second-order valence-corrected chi connectivity index (χ2v) is 7.33. The molecule has 1 aromatic carbocycles. The lowest BCUT2D eigenvalue weighted by Gasteiger charge is -2.29. The van der Waals surface area contributed by atoms with E-state index in [0.717, 1.165) is 50.5 Å². The summed E-state index contributed by atoms with van der Waals surface area (Å²) in [6, 6.07) is 10.2. The fourth-order valence-electron chi connectivity index (χ4n) is 3.69. The minimum atomic E-state index is -0.226. The summed E-state index contributed by atoms with van der Waals surface area (Å²) in [6.45, 7) is 4.48. The Labute approximate surface area is 163 Å². The van der Waals surface area contributed by atoms with E-state index in [1.165, 1.54) is 0 Å². The van der Waals surface area contributed by atoms with E-state index in [1.54, 1.807) is 6.08 Å². The maximum absolute atomic E-state index is 12.8. The molecule has 1 amide bonds. The molecule has 0 N–H and O–H groups in total. The Balaban J connectivity index is 1.97. The molecular formula is C23H33NO3. The molecular weight excluding hydrogens is 338 g/mol. The number of amides is 1. The lowest BCUT2D eigenvalue weighted by Crippen LogP contribution is -2.41. The Bertz CT molecular complexity index is 611. The van der Waals surface area contributed by atoms with Crippen LogP contribution in [0.25, 0.3) is 0 Å². The van der Waals surface area contributed by atoms with Crippen LogP contribution in [0, 0.1) is 0 Å². The third-order valence-corrected chi connectivity index (χ3v) is 5.14. The summed E-state index contributed by atoms with van der Waals surface area (Å²) in [6.07, 6.45) is 10.8. The van der Waals surface area contributed by atoms with Crippen LogP contribution in [0.3, 0.4) is 0 Å². The van der Waals surface area contributed by atoms with Crippen molar-refractivity contribution in [3.8, 4) is 0 Å². The van der Waals surface area contributed by atoms with Crippen molar-refractivity contribution in [2.75, 3.05) is 0 Å². The molecule has 148 valence electrons. The molecule has 0 saturated carbocycles. The molecule has 0 bridgehead atoms. The molecule has 4 nitrogen and oxygen atoms in total. The normalized spacial score (nSPS) is 19.6. The molecule has 1 aromatic rings. The largest absolute Gasteiger partial charge is 0.445 e. The second kappa shape index (κ2) is 11.6. The summed E-state index contributed by atoms with van der Waals surface area (Å²) < 4.78 is 5.61. The maximum atomic E-state index is 12.8. The standard InChI is InChI=1S/C23H33NO3/c1-3-5-13-20-16-17-21(14-9-15-22(25)10-4-2)24(20)23(26)27-18-19-11-7-6-8-12-19/h6-9,11-12,15,20-21H,3-5,10,13-14,16-18H2,1-2H3/b15-9+/t20-,21-/m1/s1. The fraction of sp³-hybridized carbons (Fsp3) is 0.565. The van der Waals surface area contributed by atoms with Crippen molar-refractivity contribution in [3.05, 3.63) is 48.0 Å². The van der Waals surface area contributed by atoms with Crippen molar-refractivity contribution >= 4 is 11.9 Å². The third kappa shape index (κ3) is 6.85. The van der Waals surface area contributed by atoms with Gasteiger partial charge in [-0.15, -0.1) is 0 Å². The first-order valence-electron chi connectivity index (χ1n) is 10.3. The zero-order valence-corrected chi connectivity index (χ0v) is 16.7. The molecule has 0 aliphatic carbocycles. The summed E-state index contributed by atoms with van der Waals surface area (Å²) in [5.41, 5.74) is 0.997. The number of ether oxygens (including phenoxy) is 1. The average Bonchev–Trinajstić information content (AvgIpc) is 3.08. The van der Waals surface area contributed by atoms with E-state index in [9.17, 15) is 9.59 Å². The van der Waals surface area contributed by atoms with Crippen LogP contribution in [-0.4, -0.2) is 28.9 Å². The first kappa shape index (κ1) is 21.2. The molecule has 0 unspecified atom stereocenters. The Kier molecular flexibility index (Phi) is 9.09. The van der Waals surface area contributed by atoms with Crippen molar-refractivity contribution in [2.45, 2.75) is 83.9 Å². The Hall–Kier alpha value is -2.10.